The van der Waals surface area contributed by atoms with Crippen molar-refractivity contribution in [1.29, 1.82) is 0 Å². The van der Waals surface area contributed by atoms with Gasteiger partial charge in [0.05, 0.1) is 20.8 Å². The van der Waals surface area contributed by atoms with E-state index in [4.69, 9.17) is 15.0 Å². The first-order valence-corrected chi connectivity index (χ1v) is 10.3. The predicted octanol–water partition coefficient (Wildman–Crippen LogP) is 4.76. The molecule has 4 rings (SSSR count). The van der Waals surface area contributed by atoms with Crippen LogP contribution in [0.4, 0.5) is 0 Å². The van der Waals surface area contributed by atoms with Crippen molar-refractivity contribution in [2.24, 2.45) is 5.11 Å². The van der Waals surface area contributed by atoms with Crippen LogP contribution in [0, 0.1) is 0 Å². The van der Waals surface area contributed by atoms with E-state index in [2.05, 4.69) is 33.1 Å². The summed E-state index contributed by atoms with van der Waals surface area (Å²) >= 11 is 0. The number of rotatable bonds is 7. The number of fused-ring (bicyclic) bond motifs is 2. The molecule has 1 aliphatic rings. The smallest absolute Gasteiger partial charge is 0.161 e. The lowest BCUT2D eigenvalue weighted by atomic mass is 9.91. The van der Waals surface area contributed by atoms with E-state index in [-0.39, 0.29) is 12.6 Å². The Morgan fingerprint density at radius 3 is 2.39 bits per heavy atom. The van der Waals surface area contributed by atoms with Gasteiger partial charge in [-0.2, -0.15) is 0 Å². The van der Waals surface area contributed by atoms with Crippen LogP contribution in [-0.4, -0.2) is 37.3 Å². The monoisotopic (exact) mass is 418 g/mol. The van der Waals surface area contributed by atoms with Gasteiger partial charge in [0.25, 0.3) is 0 Å². The minimum Gasteiger partial charge on any atom is -0.493 e. The van der Waals surface area contributed by atoms with Crippen molar-refractivity contribution in [2.45, 2.75) is 25.6 Å². The maximum atomic E-state index is 9.36. The number of hydrogen-bond acceptors (Lipinski definition) is 5. The van der Waals surface area contributed by atoms with Crippen LogP contribution in [0.3, 0.4) is 0 Å². The Balaban J connectivity index is 1.66. The molecule has 1 N–H and O–H groups in total. The SMILES string of the molecule is COc1cc2c(cc1OC)C(CN=[N+]=[N-])N(Cc1ccc3cc(CO)ccc3c1)CC2. The summed E-state index contributed by atoms with van der Waals surface area (Å²) in [6.07, 6.45) is 0.885. The zero-order valence-corrected chi connectivity index (χ0v) is 17.8. The Morgan fingerprint density at radius 2 is 1.71 bits per heavy atom. The van der Waals surface area contributed by atoms with Crippen molar-refractivity contribution in [2.75, 3.05) is 27.3 Å². The molecule has 3 aromatic rings. The number of ether oxygens (including phenoxy) is 2. The summed E-state index contributed by atoms with van der Waals surface area (Å²) in [7, 11) is 3.27. The third-order valence-electron chi connectivity index (χ3n) is 5.97. The summed E-state index contributed by atoms with van der Waals surface area (Å²) in [5.74, 6) is 1.40. The van der Waals surface area contributed by atoms with E-state index in [1.165, 1.54) is 11.1 Å². The van der Waals surface area contributed by atoms with E-state index in [9.17, 15) is 5.11 Å². The Labute approximate surface area is 181 Å². The van der Waals surface area contributed by atoms with E-state index < -0.39 is 0 Å². The molecular weight excluding hydrogens is 392 g/mol. The second-order valence-corrected chi connectivity index (χ2v) is 7.73. The van der Waals surface area contributed by atoms with Crippen LogP contribution in [0.1, 0.15) is 28.3 Å². The van der Waals surface area contributed by atoms with Gasteiger partial charge in [0, 0.05) is 30.6 Å². The predicted molar refractivity (Wildman–Crippen MR) is 120 cm³/mol. The standard InChI is InChI=1S/C24H26N4O3/c1-30-23-11-20-7-8-28(22(13-26-27-25)21(20)12-24(23)31-2)14-16-3-5-19-10-17(15-29)4-6-18(19)9-16/h3-6,9-12,22,29H,7-8,13-15H2,1-2H3. The Hall–Kier alpha value is -3.25. The highest BCUT2D eigenvalue weighted by atomic mass is 16.5. The summed E-state index contributed by atoms with van der Waals surface area (Å²) < 4.78 is 11.0. The highest BCUT2D eigenvalue weighted by Gasteiger charge is 2.28. The molecule has 0 amide bonds. The number of methoxy groups -OCH3 is 2. The largest absolute Gasteiger partial charge is 0.493 e. The van der Waals surface area contributed by atoms with Gasteiger partial charge in [-0.25, -0.2) is 0 Å². The quantitative estimate of drug-likeness (QED) is 0.340. The number of hydrogen-bond donors (Lipinski definition) is 1. The fourth-order valence-electron chi connectivity index (χ4n) is 4.37. The maximum absolute atomic E-state index is 9.36. The molecule has 160 valence electrons. The third kappa shape index (κ3) is 4.30. The van der Waals surface area contributed by atoms with Gasteiger partial charge in [-0.3, -0.25) is 4.90 Å². The van der Waals surface area contributed by atoms with E-state index in [1.54, 1.807) is 14.2 Å². The summed E-state index contributed by atoms with van der Waals surface area (Å²) in [6.45, 7) is 2.00. The fourth-order valence-corrected chi connectivity index (χ4v) is 4.37. The van der Waals surface area contributed by atoms with Gasteiger partial charge in [-0.15, -0.1) is 0 Å². The summed E-state index contributed by atoms with van der Waals surface area (Å²) in [5, 5.41) is 15.5. The van der Waals surface area contributed by atoms with Gasteiger partial charge in [0.2, 0.25) is 0 Å². The summed E-state index contributed by atoms with van der Waals surface area (Å²) in [5.41, 5.74) is 13.4. The Kier molecular flexibility index (Phi) is 6.28. The molecule has 31 heavy (non-hydrogen) atoms. The number of azide groups is 1. The molecule has 0 aliphatic carbocycles. The van der Waals surface area contributed by atoms with Gasteiger partial charge in [-0.1, -0.05) is 29.4 Å². The van der Waals surface area contributed by atoms with Crippen LogP contribution in [-0.2, 0) is 19.6 Å². The van der Waals surface area contributed by atoms with Gasteiger partial charge in [0.1, 0.15) is 0 Å². The molecule has 7 heteroatoms. The number of aliphatic hydroxyl groups excluding tert-OH is 1. The highest BCUT2D eigenvalue weighted by molar-refractivity contribution is 5.83. The van der Waals surface area contributed by atoms with Crippen LogP contribution in [0.2, 0.25) is 0 Å². The van der Waals surface area contributed by atoms with E-state index >= 15 is 0 Å². The lowest BCUT2D eigenvalue weighted by Crippen LogP contribution is -2.36. The first-order chi connectivity index (χ1) is 15.2. The zero-order valence-electron chi connectivity index (χ0n) is 17.8. The second kappa shape index (κ2) is 9.27. The van der Waals surface area contributed by atoms with Crippen LogP contribution in [0.25, 0.3) is 21.2 Å². The molecular formula is C24H26N4O3. The van der Waals surface area contributed by atoms with E-state index in [0.29, 0.717) is 18.0 Å². The zero-order chi connectivity index (χ0) is 21.8. The second-order valence-electron chi connectivity index (χ2n) is 7.73. The minimum atomic E-state index is -0.0353. The molecule has 0 saturated heterocycles. The van der Waals surface area contributed by atoms with Crippen LogP contribution >= 0.6 is 0 Å². The van der Waals surface area contributed by atoms with Gasteiger partial charge < -0.3 is 14.6 Å². The molecule has 0 aromatic heterocycles. The van der Waals surface area contributed by atoms with Crippen molar-refractivity contribution >= 4 is 10.8 Å². The topological polar surface area (TPSA) is 90.7 Å². The first-order valence-electron chi connectivity index (χ1n) is 10.3. The number of nitrogens with zero attached hydrogens (tertiary/aromatic N) is 4. The summed E-state index contributed by atoms with van der Waals surface area (Å²) in [6, 6.07) is 16.4. The van der Waals surface area contributed by atoms with Gasteiger partial charge >= 0.3 is 0 Å². The molecule has 1 aliphatic heterocycles. The molecule has 7 nitrogen and oxygen atoms in total. The van der Waals surface area contributed by atoms with Crippen LogP contribution < -0.4 is 9.47 Å². The van der Waals surface area contributed by atoms with Crippen LogP contribution in [0.15, 0.2) is 53.6 Å². The molecule has 1 unspecified atom stereocenters. The van der Waals surface area contributed by atoms with Crippen molar-refractivity contribution in [3.63, 3.8) is 0 Å². The lowest BCUT2D eigenvalue weighted by Gasteiger charge is -2.37. The molecule has 3 aromatic carbocycles. The average molecular weight is 418 g/mol. The summed E-state index contributed by atoms with van der Waals surface area (Å²) in [4.78, 5) is 5.35. The highest BCUT2D eigenvalue weighted by Crippen LogP contribution is 2.39. The van der Waals surface area contributed by atoms with Crippen molar-refractivity contribution in [1.82, 2.24) is 4.90 Å². The molecule has 0 radical (unpaired) electrons. The molecule has 1 atom stereocenters. The molecule has 0 bridgehead atoms. The molecule has 1 heterocycles. The van der Waals surface area contributed by atoms with Gasteiger partial charge in [-0.05, 0) is 69.2 Å². The van der Waals surface area contributed by atoms with Gasteiger partial charge in [0.15, 0.2) is 11.5 Å². The number of benzene rings is 3. The normalized spacial score (nSPS) is 15.9. The van der Waals surface area contributed by atoms with Crippen molar-refractivity contribution < 1.29 is 14.6 Å². The molecule has 0 saturated carbocycles. The average Bonchev–Trinajstić information content (AvgIpc) is 2.81. The Morgan fingerprint density at radius 1 is 1.03 bits per heavy atom. The van der Waals surface area contributed by atoms with Crippen LogP contribution in [0.5, 0.6) is 11.5 Å². The van der Waals surface area contributed by atoms with E-state index in [1.807, 2.05) is 30.3 Å². The minimum absolute atomic E-state index is 0.0353. The Bertz CT molecular complexity index is 1140. The maximum Gasteiger partial charge on any atom is 0.161 e. The van der Waals surface area contributed by atoms with Crippen molar-refractivity contribution in [3.05, 3.63) is 81.2 Å². The lowest BCUT2D eigenvalue weighted by molar-refractivity contribution is 0.180. The fraction of sp³-hybridized carbons (Fsp3) is 0.333. The first kappa shape index (κ1) is 21.0. The molecule has 0 fully saturated rings. The van der Waals surface area contributed by atoms with E-state index in [0.717, 1.165) is 41.4 Å². The molecule has 0 spiro atoms. The number of aliphatic hydroxyl groups is 1. The third-order valence-corrected chi connectivity index (χ3v) is 5.97. The van der Waals surface area contributed by atoms with Crippen molar-refractivity contribution in [3.8, 4) is 11.5 Å².